The summed E-state index contributed by atoms with van der Waals surface area (Å²) >= 11 is 16.0. The number of carboxylic acid groups (broad SMARTS) is 1. The molecule has 4 heterocycles. The molecule has 0 bridgehead atoms. The minimum atomic E-state index is -0.921. The van der Waals surface area contributed by atoms with E-state index in [-0.39, 0.29) is 18.2 Å². The van der Waals surface area contributed by atoms with Crippen LogP contribution in [0.5, 0.6) is 0 Å². The van der Waals surface area contributed by atoms with Crippen LogP contribution < -0.4 is 4.90 Å². The molecule has 6 rings (SSSR count). The molecule has 11 heteroatoms. The molecule has 1 saturated carbocycles. The summed E-state index contributed by atoms with van der Waals surface area (Å²) in [6.45, 7) is 4.79. The molecule has 3 aromatic heterocycles. The second-order valence-corrected chi connectivity index (χ2v) is 12.8. The maximum absolute atomic E-state index is 11.3. The van der Waals surface area contributed by atoms with Crippen LogP contribution >= 0.6 is 45.9 Å². The van der Waals surface area contributed by atoms with Crippen molar-refractivity contribution in [2.24, 2.45) is 0 Å². The monoisotopic (exact) mass is 603 g/mol. The average molecular weight is 605 g/mol. The smallest absolute Gasteiger partial charge is 0.336 e. The minimum Gasteiger partial charge on any atom is -0.478 e. The standard InChI is InChI=1S/C28H27Cl2N3O4S2/c1-14-8-18(9-15(2)33(14)28-31-22(13-39-28)23-10-17(12-38-23)27(34)35)36-11-19-25(32-37-26(19)16-6-7-16)24-20(29)4-3-5-21(24)30/h3-5,10,12-16,18H,6-9,11H2,1-2H3,(H,34,35)/t14-,15+,18?. The third-order valence-electron chi connectivity index (χ3n) is 7.40. The summed E-state index contributed by atoms with van der Waals surface area (Å²) in [5.41, 5.74) is 3.41. The molecule has 0 amide bonds. The van der Waals surface area contributed by atoms with Crippen LogP contribution in [0.4, 0.5) is 5.13 Å². The minimum absolute atomic E-state index is 0.0672. The first-order chi connectivity index (χ1) is 18.8. The van der Waals surface area contributed by atoms with Gasteiger partial charge in [-0.3, -0.25) is 0 Å². The molecule has 39 heavy (non-hydrogen) atoms. The van der Waals surface area contributed by atoms with Crippen LogP contribution in [-0.4, -0.2) is 39.4 Å². The van der Waals surface area contributed by atoms with E-state index >= 15 is 0 Å². The number of hydrogen-bond acceptors (Lipinski definition) is 8. The molecule has 0 spiro atoms. The van der Waals surface area contributed by atoms with Gasteiger partial charge in [-0.05, 0) is 57.7 Å². The lowest BCUT2D eigenvalue weighted by Gasteiger charge is -2.42. The molecule has 2 fully saturated rings. The first kappa shape index (κ1) is 26.8. The highest BCUT2D eigenvalue weighted by Crippen LogP contribution is 2.46. The molecular weight excluding hydrogens is 577 g/mol. The van der Waals surface area contributed by atoms with Gasteiger partial charge in [0.1, 0.15) is 11.5 Å². The third-order valence-corrected chi connectivity index (χ3v) is 9.84. The van der Waals surface area contributed by atoms with Gasteiger partial charge in [0.15, 0.2) is 5.13 Å². The SMILES string of the molecule is C[C@@H]1CC(OCc2c(-c3c(Cl)cccc3Cl)noc2C2CC2)C[C@H](C)N1c1nc(-c2cc(C(=O)O)cs2)cs1. The summed E-state index contributed by atoms with van der Waals surface area (Å²) in [5, 5.41) is 19.3. The number of carboxylic acids is 1. The van der Waals surface area contributed by atoms with E-state index in [1.165, 1.54) is 11.3 Å². The average Bonchev–Trinajstić information content (AvgIpc) is 3.27. The van der Waals surface area contributed by atoms with Crippen molar-refractivity contribution in [3.8, 4) is 21.8 Å². The Bertz CT molecular complexity index is 1480. The summed E-state index contributed by atoms with van der Waals surface area (Å²) in [4.78, 5) is 19.3. The Labute approximate surface area is 244 Å². The number of halogens is 2. The van der Waals surface area contributed by atoms with E-state index in [0.717, 1.165) is 52.7 Å². The predicted molar refractivity (Wildman–Crippen MR) is 156 cm³/mol. The predicted octanol–water partition coefficient (Wildman–Crippen LogP) is 8.37. The van der Waals surface area contributed by atoms with E-state index in [2.05, 4.69) is 23.9 Å². The number of benzene rings is 1. The Balaban J connectivity index is 1.16. The number of anilines is 1. The number of thiazole rings is 1. The topological polar surface area (TPSA) is 88.7 Å². The number of carbonyl (C=O) groups is 1. The van der Waals surface area contributed by atoms with Gasteiger partial charge >= 0.3 is 5.97 Å². The number of ether oxygens (including phenoxy) is 1. The van der Waals surface area contributed by atoms with Crippen LogP contribution in [0.3, 0.4) is 0 Å². The van der Waals surface area contributed by atoms with Crippen molar-refractivity contribution in [3.05, 3.63) is 62.0 Å². The van der Waals surface area contributed by atoms with Crippen molar-refractivity contribution in [2.75, 3.05) is 4.90 Å². The van der Waals surface area contributed by atoms with Gasteiger partial charge in [-0.1, -0.05) is 34.4 Å². The van der Waals surface area contributed by atoms with Crippen molar-refractivity contribution >= 4 is 57.0 Å². The fourth-order valence-electron chi connectivity index (χ4n) is 5.36. The number of piperidine rings is 1. The third kappa shape index (κ3) is 5.35. The van der Waals surface area contributed by atoms with E-state index in [1.807, 2.05) is 23.6 Å². The van der Waals surface area contributed by atoms with Crippen LogP contribution in [0.25, 0.3) is 21.8 Å². The van der Waals surface area contributed by atoms with Crippen molar-refractivity contribution in [3.63, 3.8) is 0 Å². The molecule has 0 radical (unpaired) electrons. The fraction of sp³-hybridized carbons (Fsp3) is 0.393. The molecule has 2 aliphatic rings. The number of aromatic carboxylic acids is 1. The quantitative estimate of drug-likeness (QED) is 0.216. The number of aromatic nitrogens is 2. The van der Waals surface area contributed by atoms with Gasteiger partial charge in [0.2, 0.25) is 0 Å². The van der Waals surface area contributed by atoms with Crippen LogP contribution in [0.1, 0.15) is 67.1 Å². The molecule has 3 atom stereocenters. The summed E-state index contributed by atoms with van der Waals surface area (Å²) in [6, 6.07) is 7.57. The molecule has 1 unspecified atom stereocenters. The number of nitrogens with zero attached hydrogens (tertiary/aromatic N) is 3. The van der Waals surface area contributed by atoms with Crippen LogP contribution in [0.15, 0.2) is 39.5 Å². The van der Waals surface area contributed by atoms with Crippen molar-refractivity contribution in [2.45, 2.75) is 70.2 Å². The van der Waals surface area contributed by atoms with Gasteiger partial charge in [-0.25, -0.2) is 9.78 Å². The lowest BCUT2D eigenvalue weighted by Crippen LogP contribution is -2.49. The Morgan fingerprint density at radius 1 is 1.15 bits per heavy atom. The van der Waals surface area contributed by atoms with Crippen molar-refractivity contribution in [1.29, 1.82) is 0 Å². The Morgan fingerprint density at radius 2 is 1.87 bits per heavy atom. The first-order valence-electron chi connectivity index (χ1n) is 12.9. The Kier molecular flexibility index (Phi) is 7.45. The molecule has 1 aliphatic carbocycles. The van der Waals surface area contributed by atoms with Crippen LogP contribution in [-0.2, 0) is 11.3 Å². The van der Waals surface area contributed by atoms with E-state index in [4.69, 9.17) is 37.4 Å². The van der Waals surface area contributed by atoms with Gasteiger partial charge in [0, 0.05) is 39.9 Å². The molecule has 4 aromatic rings. The Morgan fingerprint density at radius 3 is 2.51 bits per heavy atom. The molecule has 1 aromatic carbocycles. The van der Waals surface area contributed by atoms with Crippen LogP contribution in [0.2, 0.25) is 10.0 Å². The van der Waals surface area contributed by atoms with E-state index < -0.39 is 5.97 Å². The highest BCUT2D eigenvalue weighted by Gasteiger charge is 2.36. The summed E-state index contributed by atoms with van der Waals surface area (Å²) < 4.78 is 12.3. The van der Waals surface area contributed by atoms with E-state index in [0.29, 0.717) is 39.4 Å². The number of thiophene rings is 1. The molecule has 1 saturated heterocycles. The zero-order chi connectivity index (χ0) is 27.3. The number of hydrogen-bond donors (Lipinski definition) is 1. The first-order valence-corrected chi connectivity index (χ1v) is 15.4. The molecular formula is C28H27Cl2N3O4S2. The van der Waals surface area contributed by atoms with E-state index in [1.54, 1.807) is 22.8 Å². The molecule has 1 aliphatic heterocycles. The molecule has 7 nitrogen and oxygen atoms in total. The summed E-state index contributed by atoms with van der Waals surface area (Å²) in [7, 11) is 0. The van der Waals surface area contributed by atoms with Crippen molar-refractivity contribution < 1.29 is 19.2 Å². The lowest BCUT2D eigenvalue weighted by molar-refractivity contribution is 0.00973. The van der Waals surface area contributed by atoms with Gasteiger partial charge in [-0.2, -0.15) is 0 Å². The Hall–Kier alpha value is -2.43. The molecule has 204 valence electrons. The van der Waals surface area contributed by atoms with Gasteiger partial charge in [0.25, 0.3) is 0 Å². The van der Waals surface area contributed by atoms with Crippen molar-refractivity contribution in [1.82, 2.24) is 10.1 Å². The second-order valence-electron chi connectivity index (χ2n) is 10.3. The van der Waals surface area contributed by atoms with Gasteiger partial charge < -0.3 is 19.3 Å². The highest BCUT2D eigenvalue weighted by atomic mass is 35.5. The molecule has 1 N–H and O–H groups in total. The highest BCUT2D eigenvalue weighted by molar-refractivity contribution is 7.16. The second kappa shape index (κ2) is 10.9. The maximum atomic E-state index is 11.3. The number of rotatable bonds is 8. The van der Waals surface area contributed by atoms with Gasteiger partial charge in [0.05, 0.1) is 38.9 Å². The van der Waals surface area contributed by atoms with Crippen LogP contribution in [0, 0.1) is 0 Å². The zero-order valence-electron chi connectivity index (χ0n) is 21.4. The summed E-state index contributed by atoms with van der Waals surface area (Å²) in [6.07, 6.45) is 3.95. The maximum Gasteiger partial charge on any atom is 0.336 e. The normalized spacial score (nSPS) is 21.4. The summed E-state index contributed by atoms with van der Waals surface area (Å²) in [5.74, 6) is 0.337. The fourth-order valence-corrected chi connectivity index (χ4v) is 7.88. The van der Waals surface area contributed by atoms with E-state index in [9.17, 15) is 9.90 Å². The lowest BCUT2D eigenvalue weighted by atomic mass is 9.95. The zero-order valence-corrected chi connectivity index (χ0v) is 24.5. The van der Waals surface area contributed by atoms with Gasteiger partial charge in [-0.15, -0.1) is 22.7 Å². The largest absolute Gasteiger partial charge is 0.478 e.